The summed E-state index contributed by atoms with van der Waals surface area (Å²) in [6, 6.07) is 5.64. The summed E-state index contributed by atoms with van der Waals surface area (Å²) in [6.07, 6.45) is 0.486. The van der Waals surface area contributed by atoms with Gasteiger partial charge in [-0.15, -0.1) is 10.2 Å². The number of hydrogen-bond acceptors (Lipinski definition) is 7. The molecule has 9 heteroatoms. The molecule has 1 saturated heterocycles. The van der Waals surface area contributed by atoms with Gasteiger partial charge in [-0.05, 0) is 50.5 Å². The molecule has 0 aliphatic carbocycles. The van der Waals surface area contributed by atoms with Crippen LogP contribution in [0.1, 0.15) is 24.5 Å². The summed E-state index contributed by atoms with van der Waals surface area (Å²) < 4.78 is 29.0. The maximum absolute atomic E-state index is 12.6. The molecular formula is C18H23N3O4S2. The smallest absolute Gasteiger partial charge is 0.277 e. The highest BCUT2D eigenvalue weighted by Gasteiger charge is 2.34. The molecule has 1 amide bonds. The minimum atomic E-state index is -3.03. The van der Waals surface area contributed by atoms with E-state index >= 15 is 0 Å². The molecule has 146 valence electrons. The van der Waals surface area contributed by atoms with Gasteiger partial charge in [-0.2, -0.15) is 0 Å². The van der Waals surface area contributed by atoms with E-state index in [1.807, 2.05) is 32.0 Å². The Morgan fingerprint density at radius 1 is 1.30 bits per heavy atom. The fraction of sp³-hybridized carbons (Fsp3) is 0.500. The Bertz CT molecular complexity index is 955. The SMILES string of the molecule is Cc1ccc(-c2nnc(S[C@@H](C)C(=O)N(C)[C@H]3CCS(=O)(=O)C3)o2)cc1C. The highest BCUT2D eigenvalue weighted by molar-refractivity contribution is 8.00. The van der Waals surface area contributed by atoms with Crippen molar-refractivity contribution in [1.29, 1.82) is 0 Å². The van der Waals surface area contributed by atoms with Crippen LogP contribution in [0.2, 0.25) is 0 Å². The number of rotatable bonds is 5. The number of sulfone groups is 1. The van der Waals surface area contributed by atoms with Crippen LogP contribution in [0.4, 0.5) is 0 Å². The van der Waals surface area contributed by atoms with E-state index in [0.29, 0.717) is 17.5 Å². The predicted octanol–water partition coefficient (Wildman–Crippen LogP) is 2.48. The number of nitrogens with zero attached hydrogens (tertiary/aromatic N) is 3. The molecule has 0 saturated carbocycles. The van der Waals surface area contributed by atoms with Crippen molar-refractivity contribution in [1.82, 2.24) is 15.1 Å². The van der Waals surface area contributed by atoms with Crippen molar-refractivity contribution in [2.75, 3.05) is 18.6 Å². The van der Waals surface area contributed by atoms with Gasteiger partial charge in [0.2, 0.25) is 11.8 Å². The maximum Gasteiger partial charge on any atom is 0.277 e. The summed E-state index contributed by atoms with van der Waals surface area (Å²) >= 11 is 1.18. The zero-order valence-corrected chi connectivity index (χ0v) is 17.4. The molecule has 2 aromatic rings. The molecule has 1 aromatic carbocycles. The molecule has 0 bridgehead atoms. The van der Waals surface area contributed by atoms with E-state index in [9.17, 15) is 13.2 Å². The van der Waals surface area contributed by atoms with Gasteiger partial charge in [-0.1, -0.05) is 17.8 Å². The van der Waals surface area contributed by atoms with E-state index < -0.39 is 15.1 Å². The molecule has 0 radical (unpaired) electrons. The Morgan fingerprint density at radius 3 is 2.67 bits per heavy atom. The second kappa shape index (κ2) is 7.63. The zero-order chi connectivity index (χ0) is 19.8. The lowest BCUT2D eigenvalue weighted by Crippen LogP contribution is -2.41. The van der Waals surface area contributed by atoms with Crippen molar-refractivity contribution in [2.45, 2.75) is 43.7 Å². The van der Waals surface area contributed by atoms with E-state index in [1.165, 1.54) is 22.2 Å². The lowest BCUT2D eigenvalue weighted by molar-refractivity contribution is -0.130. The first-order valence-corrected chi connectivity index (χ1v) is 11.4. The molecule has 1 fully saturated rings. The van der Waals surface area contributed by atoms with Crippen LogP contribution < -0.4 is 0 Å². The molecule has 2 atom stereocenters. The van der Waals surface area contributed by atoms with Crippen LogP contribution in [-0.4, -0.2) is 59.3 Å². The van der Waals surface area contributed by atoms with Gasteiger partial charge >= 0.3 is 0 Å². The van der Waals surface area contributed by atoms with Crippen molar-refractivity contribution in [3.63, 3.8) is 0 Å². The van der Waals surface area contributed by atoms with Crippen molar-refractivity contribution in [3.8, 4) is 11.5 Å². The number of benzene rings is 1. The first-order chi connectivity index (χ1) is 12.7. The topological polar surface area (TPSA) is 93.4 Å². The number of amides is 1. The van der Waals surface area contributed by atoms with Gasteiger partial charge in [0.15, 0.2) is 9.84 Å². The number of aromatic nitrogens is 2. The van der Waals surface area contributed by atoms with Crippen LogP contribution >= 0.6 is 11.8 Å². The number of carbonyl (C=O) groups is 1. The van der Waals surface area contributed by atoms with Gasteiger partial charge < -0.3 is 9.32 Å². The second-order valence-corrected chi connectivity index (χ2v) is 10.5. The van der Waals surface area contributed by atoms with Crippen LogP contribution in [0.5, 0.6) is 0 Å². The van der Waals surface area contributed by atoms with Crippen LogP contribution in [0.25, 0.3) is 11.5 Å². The molecule has 0 unspecified atom stereocenters. The average molecular weight is 410 g/mol. The molecular weight excluding hydrogens is 386 g/mol. The van der Waals surface area contributed by atoms with Gasteiger partial charge in [-0.25, -0.2) is 8.42 Å². The predicted molar refractivity (Wildman–Crippen MR) is 104 cm³/mol. The molecule has 1 aliphatic heterocycles. The van der Waals surface area contributed by atoms with Crippen molar-refractivity contribution >= 4 is 27.5 Å². The first kappa shape index (κ1) is 19.9. The Kier molecular flexibility index (Phi) is 5.62. The normalized spacial score (nSPS) is 19.8. The third-order valence-corrected chi connectivity index (χ3v) is 7.56. The Labute approximate surface area is 163 Å². The molecule has 1 aromatic heterocycles. The van der Waals surface area contributed by atoms with Gasteiger partial charge in [-0.3, -0.25) is 4.79 Å². The first-order valence-electron chi connectivity index (χ1n) is 8.71. The van der Waals surface area contributed by atoms with Crippen molar-refractivity contribution < 1.29 is 17.6 Å². The minimum Gasteiger partial charge on any atom is -0.411 e. The second-order valence-electron chi connectivity index (χ2n) is 6.94. The van der Waals surface area contributed by atoms with E-state index in [2.05, 4.69) is 10.2 Å². The summed E-state index contributed by atoms with van der Waals surface area (Å²) in [6.45, 7) is 5.81. The third kappa shape index (κ3) is 4.52. The molecule has 2 heterocycles. The van der Waals surface area contributed by atoms with Crippen LogP contribution in [0, 0.1) is 13.8 Å². The van der Waals surface area contributed by atoms with Crippen LogP contribution in [0.15, 0.2) is 27.8 Å². The fourth-order valence-corrected chi connectivity index (χ4v) is 5.56. The van der Waals surface area contributed by atoms with Crippen LogP contribution in [-0.2, 0) is 14.6 Å². The highest BCUT2D eigenvalue weighted by Crippen LogP contribution is 2.28. The molecule has 0 spiro atoms. The fourth-order valence-electron chi connectivity index (χ4n) is 3.00. The molecule has 27 heavy (non-hydrogen) atoms. The standard InChI is InChI=1S/C18H23N3O4S2/c1-11-5-6-14(9-12(11)2)16-19-20-18(25-16)26-13(3)17(22)21(4)15-7-8-27(23,24)10-15/h5-6,9,13,15H,7-8,10H2,1-4H3/t13-,15-/m0/s1. The molecule has 7 nitrogen and oxygen atoms in total. The summed E-state index contributed by atoms with van der Waals surface area (Å²) in [4.78, 5) is 14.2. The molecule has 0 N–H and O–H groups in total. The van der Waals surface area contributed by atoms with E-state index in [0.717, 1.165) is 11.1 Å². The van der Waals surface area contributed by atoms with Crippen molar-refractivity contribution in [2.24, 2.45) is 0 Å². The van der Waals surface area contributed by atoms with Gasteiger partial charge in [0, 0.05) is 18.7 Å². The number of hydrogen-bond donors (Lipinski definition) is 0. The zero-order valence-electron chi connectivity index (χ0n) is 15.8. The van der Waals surface area contributed by atoms with E-state index in [-0.39, 0.29) is 23.5 Å². The van der Waals surface area contributed by atoms with E-state index in [1.54, 1.807) is 14.0 Å². The van der Waals surface area contributed by atoms with Crippen LogP contribution in [0.3, 0.4) is 0 Å². The van der Waals surface area contributed by atoms with Gasteiger partial charge in [0.1, 0.15) is 0 Å². The van der Waals surface area contributed by atoms with Gasteiger partial charge in [0.25, 0.3) is 5.22 Å². The lowest BCUT2D eigenvalue weighted by atomic mass is 10.1. The summed E-state index contributed by atoms with van der Waals surface area (Å²) in [5.41, 5.74) is 3.16. The molecule has 3 rings (SSSR count). The average Bonchev–Trinajstić information content (AvgIpc) is 3.22. The Morgan fingerprint density at radius 2 is 2.04 bits per heavy atom. The van der Waals surface area contributed by atoms with Crippen molar-refractivity contribution in [3.05, 3.63) is 29.3 Å². The Hall–Kier alpha value is -1.87. The Balaban J connectivity index is 1.65. The highest BCUT2D eigenvalue weighted by atomic mass is 32.2. The van der Waals surface area contributed by atoms with E-state index in [4.69, 9.17) is 4.42 Å². The van der Waals surface area contributed by atoms with Gasteiger partial charge in [0.05, 0.1) is 16.8 Å². The summed E-state index contributed by atoms with van der Waals surface area (Å²) in [5, 5.41) is 7.96. The largest absolute Gasteiger partial charge is 0.411 e. The maximum atomic E-state index is 12.6. The number of thioether (sulfide) groups is 1. The monoisotopic (exact) mass is 409 g/mol. The summed E-state index contributed by atoms with van der Waals surface area (Å²) in [5.74, 6) is 0.438. The minimum absolute atomic E-state index is 0.0319. The lowest BCUT2D eigenvalue weighted by Gasteiger charge is -2.25. The third-order valence-electron chi connectivity index (χ3n) is 4.89. The summed E-state index contributed by atoms with van der Waals surface area (Å²) in [7, 11) is -1.38. The quantitative estimate of drug-likeness (QED) is 0.700. The number of aryl methyl sites for hydroxylation is 2. The molecule has 1 aliphatic rings. The number of carbonyl (C=O) groups excluding carboxylic acids is 1.